The highest BCUT2D eigenvalue weighted by Crippen LogP contribution is 2.28. The summed E-state index contributed by atoms with van der Waals surface area (Å²) in [6.45, 7) is 3.36. The van der Waals surface area contributed by atoms with Gasteiger partial charge in [0.25, 0.3) is 21.9 Å². The fourth-order valence-corrected chi connectivity index (χ4v) is 3.30. The van der Waals surface area contributed by atoms with E-state index in [-0.39, 0.29) is 17.7 Å². The van der Waals surface area contributed by atoms with Crippen LogP contribution in [-0.2, 0) is 23.8 Å². The van der Waals surface area contributed by atoms with Crippen LogP contribution in [0.5, 0.6) is 0 Å². The number of imide groups is 1. The van der Waals surface area contributed by atoms with Gasteiger partial charge in [0.2, 0.25) is 0 Å². The van der Waals surface area contributed by atoms with Crippen molar-refractivity contribution >= 4 is 33.6 Å². The minimum atomic E-state index is -3.86. The average Bonchev–Trinajstić information content (AvgIpc) is 2.78. The van der Waals surface area contributed by atoms with Crippen molar-refractivity contribution < 1.29 is 36.8 Å². The highest BCUT2D eigenvalue weighted by atomic mass is 32.2. The molecule has 1 heterocycles. The van der Waals surface area contributed by atoms with Gasteiger partial charge in [-0.1, -0.05) is 0 Å². The topological polar surface area (TPSA) is 139 Å². The van der Waals surface area contributed by atoms with Crippen LogP contribution in [0.25, 0.3) is 0 Å². The van der Waals surface area contributed by atoms with Crippen molar-refractivity contribution in [1.82, 2.24) is 4.90 Å². The fraction of sp³-hybridized carbons (Fsp3) is 0.471. The fourth-order valence-electron chi connectivity index (χ4n) is 2.72. The molecule has 11 heteroatoms. The van der Waals surface area contributed by atoms with Gasteiger partial charge in [0.1, 0.15) is 12.3 Å². The van der Waals surface area contributed by atoms with Crippen molar-refractivity contribution in [3.8, 4) is 0 Å². The summed E-state index contributed by atoms with van der Waals surface area (Å²) < 4.78 is 32.6. The zero-order chi connectivity index (χ0) is 21.1. The van der Waals surface area contributed by atoms with Crippen LogP contribution in [0.1, 0.15) is 41.5 Å². The summed E-state index contributed by atoms with van der Waals surface area (Å²) in [7, 11) is -3.86. The molecule has 10 nitrogen and oxygen atoms in total. The number of nitrogens with one attached hydrogen (secondary N) is 1. The maximum absolute atomic E-state index is 12.6. The lowest BCUT2D eigenvalue weighted by Crippen LogP contribution is -2.44. The number of carbonyl (C=O) groups excluding carboxylic acids is 3. The van der Waals surface area contributed by atoms with Gasteiger partial charge in [-0.2, -0.15) is 8.42 Å². The number of fused-ring (bicyclic) bond motifs is 1. The summed E-state index contributed by atoms with van der Waals surface area (Å²) in [6, 6.07) is 4.36. The third-order valence-corrected chi connectivity index (χ3v) is 4.95. The first kappa shape index (κ1) is 21.8. The van der Waals surface area contributed by atoms with E-state index < -0.39 is 52.6 Å². The minimum Gasteiger partial charge on any atom is -0.458 e. The van der Waals surface area contributed by atoms with Crippen LogP contribution in [0.2, 0.25) is 0 Å². The second-order valence-corrected chi connectivity index (χ2v) is 8.49. The van der Waals surface area contributed by atoms with E-state index in [4.69, 9.17) is 9.84 Å². The molecule has 0 saturated heterocycles. The summed E-state index contributed by atoms with van der Waals surface area (Å²) in [5.41, 5.74) is -0.329. The van der Waals surface area contributed by atoms with Crippen LogP contribution in [0.15, 0.2) is 18.2 Å². The molecule has 1 aliphatic rings. The van der Waals surface area contributed by atoms with Crippen LogP contribution in [0.3, 0.4) is 0 Å². The van der Waals surface area contributed by atoms with Crippen molar-refractivity contribution in [1.29, 1.82) is 0 Å². The Labute approximate surface area is 162 Å². The third kappa shape index (κ3) is 5.27. The number of benzene rings is 1. The van der Waals surface area contributed by atoms with Gasteiger partial charge in [0.05, 0.1) is 30.0 Å². The van der Waals surface area contributed by atoms with Gasteiger partial charge in [-0.05, 0) is 32.0 Å². The summed E-state index contributed by atoms with van der Waals surface area (Å²) >= 11 is 0. The molecule has 154 valence electrons. The van der Waals surface area contributed by atoms with E-state index in [2.05, 4.69) is 9.50 Å². The Hall–Kier alpha value is -2.50. The van der Waals surface area contributed by atoms with Crippen LogP contribution < -0.4 is 5.32 Å². The molecule has 28 heavy (non-hydrogen) atoms. The van der Waals surface area contributed by atoms with E-state index >= 15 is 0 Å². The lowest BCUT2D eigenvalue weighted by molar-refractivity contribution is -0.154. The predicted octanol–water partition coefficient (Wildman–Crippen LogP) is 0.332. The number of ether oxygens (including phenoxy) is 1. The summed E-state index contributed by atoms with van der Waals surface area (Å²) in [5.74, 6) is -2.10. The molecule has 2 amide bonds. The molecule has 1 aromatic carbocycles. The van der Waals surface area contributed by atoms with Crippen molar-refractivity contribution in [3.05, 3.63) is 29.3 Å². The van der Waals surface area contributed by atoms with E-state index in [0.717, 1.165) is 4.90 Å². The molecule has 0 aliphatic carbocycles. The number of aliphatic hydroxyl groups is 1. The average molecular weight is 414 g/mol. The molecule has 0 atom stereocenters. The number of hydrogen-bond donors (Lipinski definition) is 2. The van der Waals surface area contributed by atoms with Gasteiger partial charge in [0, 0.05) is 12.6 Å². The first-order valence-electron chi connectivity index (χ1n) is 8.37. The van der Waals surface area contributed by atoms with Crippen molar-refractivity contribution in [2.24, 2.45) is 0 Å². The molecule has 0 fully saturated rings. The number of aliphatic hydroxyl groups excluding tert-OH is 1. The molecule has 0 saturated carbocycles. The largest absolute Gasteiger partial charge is 0.458 e. The first-order chi connectivity index (χ1) is 13.0. The van der Waals surface area contributed by atoms with Crippen molar-refractivity contribution in [3.63, 3.8) is 0 Å². The van der Waals surface area contributed by atoms with Gasteiger partial charge in [-0.15, -0.1) is 0 Å². The zero-order valence-corrected chi connectivity index (χ0v) is 16.5. The van der Waals surface area contributed by atoms with Crippen molar-refractivity contribution in [2.75, 3.05) is 31.0 Å². The molecule has 2 rings (SSSR count). The smallest absolute Gasteiger partial charge is 0.303 e. The quantitative estimate of drug-likeness (QED) is 0.253. The summed E-state index contributed by atoms with van der Waals surface area (Å²) in [4.78, 5) is 37.3. The normalized spacial score (nSPS) is 14.2. The molecule has 0 radical (unpaired) electrons. The predicted molar refractivity (Wildman–Crippen MR) is 98.1 cm³/mol. The Morgan fingerprint density at radius 2 is 1.86 bits per heavy atom. The number of carbonyl (C=O) groups is 3. The Balaban J connectivity index is 2.10. The molecule has 1 aliphatic heterocycles. The Morgan fingerprint density at radius 3 is 2.46 bits per heavy atom. The second kappa shape index (κ2) is 8.25. The van der Waals surface area contributed by atoms with Gasteiger partial charge in [-0.25, -0.2) is 4.18 Å². The number of esters is 1. The van der Waals surface area contributed by atoms with Crippen LogP contribution >= 0.6 is 0 Å². The SMILES string of the molecule is CC(=O)OC(C)(C)CN1C(=O)c2ccc(NCOS(=O)(=O)CCO)cc2C1=O. The number of rotatable bonds is 9. The second-order valence-electron chi connectivity index (χ2n) is 6.73. The standard InChI is InChI=1S/C17H22N2O8S/c1-11(21)27-17(2,3)9-19-15(22)13-5-4-12(8-14(13)16(19)23)18-10-26-28(24,25)7-6-20/h4-5,8,18,20H,6-7,9-10H2,1-3H3. The van der Waals surface area contributed by atoms with Gasteiger partial charge < -0.3 is 15.2 Å². The van der Waals surface area contributed by atoms with Gasteiger partial charge in [-0.3, -0.25) is 19.3 Å². The number of anilines is 1. The van der Waals surface area contributed by atoms with Gasteiger partial charge in [0.15, 0.2) is 0 Å². The summed E-state index contributed by atoms with van der Waals surface area (Å²) in [6.07, 6.45) is 0. The lowest BCUT2D eigenvalue weighted by atomic mass is 10.1. The van der Waals surface area contributed by atoms with E-state index in [0.29, 0.717) is 5.69 Å². The molecule has 2 N–H and O–H groups in total. The zero-order valence-electron chi connectivity index (χ0n) is 15.7. The van der Waals surface area contributed by atoms with Crippen LogP contribution in [0.4, 0.5) is 5.69 Å². The highest BCUT2D eigenvalue weighted by Gasteiger charge is 2.39. The molecule has 0 unspecified atom stereocenters. The monoisotopic (exact) mass is 414 g/mol. The maximum atomic E-state index is 12.6. The van der Waals surface area contributed by atoms with E-state index in [1.807, 2.05) is 0 Å². The third-order valence-electron chi connectivity index (χ3n) is 3.79. The van der Waals surface area contributed by atoms with Crippen LogP contribution in [-0.4, -0.2) is 67.4 Å². The lowest BCUT2D eigenvalue weighted by Gasteiger charge is -2.28. The molecular formula is C17H22N2O8S. The Bertz CT molecular complexity index is 894. The number of hydrogen-bond acceptors (Lipinski definition) is 9. The van der Waals surface area contributed by atoms with Crippen molar-refractivity contribution in [2.45, 2.75) is 26.4 Å². The molecular weight excluding hydrogens is 392 g/mol. The summed E-state index contributed by atoms with van der Waals surface area (Å²) in [5, 5.41) is 11.3. The van der Waals surface area contributed by atoms with Crippen LogP contribution in [0, 0.1) is 0 Å². The number of amides is 2. The maximum Gasteiger partial charge on any atom is 0.303 e. The Kier molecular flexibility index (Phi) is 6.42. The Morgan fingerprint density at radius 1 is 1.21 bits per heavy atom. The molecule has 0 aromatic heterocycles. The highest BCUT2D eigenvalue weighted by molar-refractivity contribution is 7.86. The molecule has 0 bridgehead atoms. The van der Waals surface area contributed by atoms with E-state index in [1.54, 1.807) is 13.8 Å². The van der Waals surface area contributed by atoms with E-state index in [1.165, 1.54) is 25.1 Å². The minimum absolute atomic E-state index is 0.107. The molecule has 1 aromatic rings. The number of nitrogens with zero attached hydrogens (tertiary/aromatic N) is 1. The van der Waals surface area contributed by atoms with Gasteiger partial charge >= 0.3 is 5.97 Å². The van der Waals surface area contributed by atoms with E-state index in [9.17, 15) is 22.8 Å². The molecule has 0 spiro atoms. The first-order valence-corrected chi connectivity index (χ1v) is 9.95.